The highest BCUT2D eigenvalue weighted by atomic mass is 16.3. The van der Waals surface area contributed by atoms with E-state index < -0.39 is 0 Å². The molecular weight excluding hydrogens is 290 g/mol. The molecule has 5 heteroatoms. The summed E-state index contributed by atoms with van der Waals surface area (Å²) in [5.41, 5.74) is 1.16. The van der Waals surface area contributed by atoms with Gasteiger partial charge in [0.1, 0.15) is 0 Å². The fraction of sp³-hybridized carbons (Fsp3) is 0.667. The molecule has 0 aromatic carbocycles. The van der Waals surface area contributed by atoms with Crippen LogP contribution in [0, 0.1) is 5.92 Å². The number of carbonyl (C=O) groups excluding carboxylic acids is 1. The maximum atomic E-state index is 12.3. The van der Waals surface area contributed by atoms with Gasteiger partial charge in [-0.2, -0.15) is 0 Å². The lowest BCUT2D eigenvalue weighted by Crippen LogP contribution is -2.43. The van der Waals surface area contributed by atoms with Crippen molar-refractivity contribution in [3.63, 3.8) is 0 Å². The Balaban J connectivity index is 1.71. The largest absolute Gasteiger partial charge is 0.395 e. The van der Waals surface area contributed by atoms with Crippen LogP contribution in [-0.2, 0) is 6.42 Å². The first-order valence-corrected chi connectivity index (χ1v) is 8.82. The Morgan fingerprint density at radius 2 is 1.96 bits per heavy atom. The molecule has 1 saturated carbocycles. The van der Waals surface area contributed by atoms with Gasteiger partial charge in [-0.25, -0.2) is 4.79 Å². The van der Waals surface area contributed by atoms with Gasteiger partial charge in [-0.1, -0.05) is 32.1 Å². The molecular formula is C18H29N3O2. The summed E-state index contributed by atoms with van der Waals surface area (Å²) in [6.07, 6.45) is 12.0. The summed E-state index contributed by atoms with van der Waals surface area (Å²) in [6.45, 7) is 1.77. The van der Waals surface area contributed by atoms with E-state index in [1.807, 2.05) is 12.1 Å². The molecule has 2 amide bonds. The molecule has 128 valence electrons. The average Bonchev–Trinajstić information content (AvgIpc) is 2.60. The van der Waals surface area contributed by atoms with Crippen LogP contribution in [-0.4, -0.2) is 47.3 Å². The van der Waals surface area contributed by atoms with E-state index in [2.05, 4.69) is 10.3 Å². The number of urea groups is 1. The molecule has 1 aliphatic carbocycles. The number of aliphatic hydroxyl groups excluding tert-OH is 1. The molecule has 2 rings (SSSR count). The Bertz CT molecular complexity index is 447. The van der Waals surface area contributed by atoms with E-state index in [-0.39, 0.29) is 12.6 Å². The normalized spacial score (nSPS) is 15.3. The van der Waals surface area contributed by atoms with Gasteiger partial charge in [0.25, 0.3) is 0 Å². The first kappa shape index (κ1) is 17.7. The number of aliphatic hydroxyl groups is 1. The van der Waals surface area contributed by atoms with Crippen molar-refractivity contribution in [1.82, 2.24) is 15.2 Å². The van der Waals surface area contributed by atoms with Crippen LogP contribution < -0.4 is 5.32 Å². The van der Waals surface area contributed by atoms with E-state index in [9.17, 15) is 9.90 Å². The van der Waals surface area contributed by atoms with Gasteiger partial charge in [-0.15, -0.1) is 0 Å². The predicted octanol–water partition coefficient (Wildman–Crippen LogP) is 2.60. The first-order valence-electron chi connectivity index (χ1n) is 8.82. The summed E-state index contributed by atoms with van der Waals surface area (Å²) in [4.78, 5) is 18.0. The number of hydrogen-bond acceptors (Lipinski definition) is 3. The zero-order chi connectivity index (χ0) is 16.3. The summed E-state index contributed by atoms with van der Waals surface area (Å²) in [6, 6.07) is 3.85. The highest BCUT2D eigenvalue weighted by Gasteiger charge is 2.17. The third-order valence-corrected chi connectivity index (χ3v) is 4.63. The lowest BCUT2D eigenvalue weighted by molar-refractivity contribution is 0.169. The molecule has 23 heavy (non-hydrogen) atoms. The van der Waals surface area contributed by atoms with E-state index >= 15 is 0 Å². The summed E-state index contributed by atoms with van der Waals surface area (Å²) < 4.78 is 0. The fourth-order valence-electron chi connectivity index (χ4n) is 3.22. The van der Waals surface area contributed by atoms with E-state index in [0.29, 0.717) is 13.1 Å². The minimum Gasteiger partial charge on any atom is -0.395 e. The Hall–Kier alpha value is -1.62. The van der Waals surface area contributed by atoms with Crippen LogP contribution in [0.5, 0.6) is 0 Å². The van der Waals surface area contributed by atoms with Gasteiger partial charge in [0.2, 0.25) is 0 Å². The maximum Gasteiger partial charge on any atom is 0.317 e. The molecule has 1 aromatic heterocycles. The van der Waals surface area contributed by atoms with Crippen LogP contribution in [0.15, 0.2) is 24.5 Å². The summed E-state index contributed by atoms with van der Waals surface area (Å²) >= 11 is 0. The number of hydrogen-bond donors (Lipinski definition) is 2. The number of pyridine rings is 1. The van der Waals surface area contributed by atoms with Gasteiger partial charge >= 0.3 is 6.03 Å². The van der Waals surface area contributed by atoms with Gasteiger partial charge < -0.3 is 15.3 Å². The van der Waals surface area contributed by atoms with Crippen molar-refractivity contribution in [1.29, 1.82) is 0 Å². The average molecular weight is 319 g/mol. The Kier molecular flexibility index (Phi) is 7.87. The van der Waals surface area contributed by atoms with Gasteiger partial charge in [0.05, 0.1) is 6.61 Å². The number of amides is 2. The van der Waals surface area contributed by atoms with Crippen LogP contribution >= 0.6 is 0 Å². The van der Waals surface area contributed by atoms with Crippen LogP contribution in [0.2, 0.25) is 0 Å². The molecule has 0 radical (unpaired) electrons. The van der Waals surface area contributed by atoms with Crippen LogP contribution in [0.1, 0.15) is 44.1 Å². The van der Waals surface area contributed by atoms with E-state index in [0.717, 1.165) is 30.9 Å². The molecule has 1 heterocycles. The van der Waals surface area contributed by atoms with Crippen LogP contribution in [0.4, 0.5) is 4.79 Å². The van der Waals surface area contributed by atoms with Crippen molar-refractivity contribution >= 4 is 6.03 Å². The topological polar surface area (TPSA) is 65.5 Å². The Labute approximate surface area is 139 Å². The van der Waals surface area contributed by atoms with Gasteiger partial charge in [0.15, 0.2) is 0 Å². The van der Waals surface area contributed by atoms with E-state index in [1.54, 1.807) is 17.3 Å². The highest BCUT2D eigenvalue weighted by Crippen LogP contribution is 2.26. The third kappa shape index (κ3) is 6.57. The summed E-state index contributed by atoms with van der Waals surface area (Å²) in [5.74, 6) is 0.745. The number of nitrogens with zero attached hydrogens (tertiary/aromatic N) is 2. The van der Waals surface area contributed by atoms with Crippen molar-refractivity contribution in [3.05, 3.63) is 30.1 Å². The lowest BCUT2D eigenvalue weighted by Gasteiger charge is -2.27. The fourth-order valence-corrected chi connectivity index (χ4v) is 3.22. The van der Waals surface area contributed by atoms with Crippen molar-refractivity contribution in [2.75, 3.05) is 26.2 Å². The third-order valence-electron chi connectivity index (χ3n) is 4.63. The minimum atomic E-state index is -0.0658. The zero-order valence-corrected chi connectivity index (χ0v) is 13.9. The van der Waals surface area contributed by atoms with Crippen LogP contribution in [0.25, 0.3) is 0 Å². The smallest absolute Gasteiger partial charge is 0.317 e. The second-order valence-corrected chi connectivity index (χ2v) is 6.34. The Morgan fingerprint density at radius 3 is 2.65 bits per heavy atom. The summed E-state index contributed by atoms with van der Waals surface area (Å²) in [7, 11) is 0. The first-order chi connectivity index (χ1) is 11.3. The molecule has 0 spiro atoms. The molecule has 1 aromatic rings. The molecule has 0 bridgehead atoms. The monoisotopic (exact) mass is 319 g/mol. The number of aromatic nitrogens is 1. The summed E-state index contributed by atoms with van der Waals surface area (Å²) in [5, 5.41) is 12.2. The standard InChI is InChI=1S/C18H29N3O2/c22-15-14-21(13-9-16-4-2-1-3-5-16)18(23)20-12-8-17-6-10-19-11-7-17/h6-7,10-11,16,22H,1-5,8-9,12-15H2,(H,20,23). The maximum absolute atomic E-state index is 12.3. The van der Waals surface area contributed by atoms with Crippen molar-refractivity contribution in [2.24, 2.45) is 5.92 Å². The molecule has 5 nitrogen and oxygen atoms in total. The molecule has 1 aliphatic rings. The Morgan fingerprint density at radius 1 is 1.22 bits per heavy atom. The SMILES string of the molecule is O=C(NCCc1ccncc1)N(CCO)CCC1CCCCC1. The minimum absolute atomic E-state index is 0.0163. The molecule has 0 aliphatic heterocycles. The molecule has 1 fully saturated rings. The zero-order valence-electron chi connectivity index (χ0n) is 13.9. The van der Waals surface area contributed by atoms with Gasteiger partial charge in [0, 0.05) is 32.0 Å². The van der Waals surface area contributed by atoms with Gasteiger partial charge in [-0.05, 0) is 36.5 Å². The predicted molar refractivity (Wildman–Crippen MR) is 91.2 cm³/mol. The van der Waals surface area contributed by atoms with Gasteiger partial charge in [-0.3, -0.25) is 4.98 Å². The van der Waals surface area contributed by atoms with Crippen molar-refractivity contribution in [2.45, 2.75) is 44.9 Å². The van der Waals surface area contributed by atoms with Crippen molar-refractivity contribution in [3.8, 4) is 0 Å². The molecule has 0 atom stereocenters. The number of carbonyl (C=O) groups is 1. The number of rotatable bonds is 8. The van der Waals surface area contributed by atoms with E-state index in [4.69, 9.17) is 0 Å². The second kappa shape index (κ2) is 10.2. The molecule has 0 unspecified atom stereocenters. The highest BCUT2D eigenvalue weighted by molar-refractivity contribution is 5.74. The molecule has 2 N–H and O–H groups in total. The lowest BCUT2D eigenvalue weighted by atomic mass is 9.87. The number of nitrogens with one attached hydrogen (secondary N) is 1. The second-order valence-electron chi connectivity index (χ2n) is 6.34. The van der Waals surface area contributed by atoms with E-state index in [1.165, 1.54) is 32.1 Å². The molecule has 0 saturated heterocycles. The van der Waals surface area contributed by atoms with Crippen LogP contribution in [0.3, 0.4) is 0 Å². The quantitative estimate of drug-likeness (QED) is 0.774. The van der Waals surface area contributed by atoms with Crippen molar-refractivity contribution < 1.29 is 9.90 Å².